The largest absolute Gasteiger partial charge is 0.0619 e. The molecular formula is C65H44. The fourth-order valence-corrected chi connectivity index (χ4v) is 11.7. The van der Waals surface area contributed by atoms with Gasteiger partial charge in [-0.2, -0.15) is 0 Å². The molecule has 304 valence electrons. The molecule has 0 amide bonds. The fraction of sp³-hybridized carbons (Fsp3) is 0.0769. The topological polar surface area (TPSA) is 0 Å². The summed E-state index contributed by atoms with van der Waals surface area (Å²) in [5.41, 5.74) is 36.2. The van der Waals surface area contributed by atoms with E-state index in [1.54, 1.807) is 0 Å². The van der Waals surface area contributed by atoms with E-state index in [0.717, 1.165) is 32.1 Å². The Hall–Kier alpha value is -7.80. The second kappa shape index (κ2) is 14.4. The summed E-state index contributed by atoms with van der Waals surface area (Å²) in [5, 5.41) is 0. The molecule has 0 unspecified atom stereocenters. The van der Waals surface area contributed by atoms with E-state index >= 15 is 0 Å². The van der Waals surface area contributed by atoms with Crippen molar-refractivity contribution in [3.05, 3.63) is 262 Å². The lowest BCUT2D eigenvalue weighted by atomic mass is 9.93. The first kappa shape index (κ1) is 36.7. The molecular weight excluding hydrogens is 781 g/mol. The van der Waals surface area contributed by atoms with E-state index in [-0.39, 0.29) is 0 Å². The molecule has 0 saturated heterocycles. The molecule has 0 spiro atoms. The standard InChI is InChI=1S/C39H26.C26H18/c1-3-7-34-28(5-1)17-30-13-9-24(20-36(30)34)26-11-15-32-19-33-16-12-27(23-39(33)38(32)22-26)25-10-14-31-18-29-6-2-4-8-35(29)37(31)21-25;1-3-7-23-19(5-1)13-21-11-9-17(15-25(21)23)18-10-12-22-14-20-6-2-4-8-24(20)26(22)16-18/h1-16,20-23H,17-19H2;1-12,15-16H,13-14H2. The quantitative estimate of drug-likeness (QED) is 0.166. The van der Waals surface area contributed by atoms with Gasteiger partial charge in [-0.05, 0) is 213 Å². The van der Waals surface area contributed by atoms with Crippen molar-refractivity contribution in [1.29, 1.82) is 0 Å². The minimum atomic E-state index is 1.01. The van der Waals surface area contributed by atoms with Crippen molar-refractivity contribution >= 4 is 0 Å². The van der Waals surface area contributed by atoms with Crippen molar-refractivity contribution in [2.24, 2.45) is 0 Å². The zero-order valence-corrected chi connectivity index (χ0v) is 36.2. The summed E-state index contributed by atoms with van der Waals surface area (Å²) in [7, 11) is 0. The number of fused-ring (bicyclic) bond motifs is 15. The minimum absolute atomic E-state index is 1.01. The third-order valence-electron chi connectivity index (χ3n) is 15.1. The molecule has 0 heteroatoms. The molecule has 0 bridgehead atoms. The third kappa shape index (κ3) is 5.98. The first-order valence-electron chi connectivity index (χ1n) is 23.3. The van der Waals surface area contributed by atoms with Gasteiger partial charge in [-0.1, -0.05) is 170 Å². The van der Waals surface area contributed by atoms with Gasteiger partial charge in [0.2, 0.25) is 0 Å². The van der Waals surface area contributed by atoms with Crippen LogP contribution in [-0.2, 0) is 32.1 Å². The molecule has 0 aliphatic heterocycles. The van der Waals surface area contributed by atoms with Gasteiger partial charge in [0.1, 0.15) is 0 Å². The van der Waals surface area contributed by atoms with E-state index in [1.165, 1.54) is 145 Å². The molecule has 0 atom stereocenters. The summed E-state index contributed by atoms with van der Waals surface area (Å²) in [6.45, 7) is 0. The maximum absolute atomic E-state index is 2.42. The Kier molecular flexibility index (Phi) is 8.10. The molecule has 0 aromatic heterocycles. The maximum Gasteiger partial charge on any atom is -0.00134 e. The Morgan fingerprint density at radius 1 is 0.154 bits per heavy atom. The van der Waals surface area contributed by atoms with Gasteiger partial charge < -0.3 is 0 Å². The van der Waals surface area contributed by atoms with Crippen LogP contribution in [0.25, 0.3) is 89.0 Å². The highest BCUT2D eigenvalue weighted by Crippen LogP contribution is 2.46. The lowest BCUT2D eigenvalue weighted by molar-refractivity contribution is 1.26. The van der Waals surface area contributed by atoms with Crippen molar-refractivity contribution in [3.8, 4) is 89.0 Å². The molecule has 0 fully saturated rings. The zero-order valence-electron chi connectivity index (χ0n) is 36.2. The molecule has 0 nitrogen and oxygen atoms in total. The molecule has 0 heterocycles. The van der Waals surface area contributed by atoms with Crippen LogP contribution < -0.4 is 0 Å². The van der Waals surface area contributed by atoms with E-state index in [2.05, 4.69) is 206 Å². The van der Waals surface area contributed by atoms with Crippen LogP contribution >= 0.6 is 0 Å². The van der Waals surface area contributed by atoms with E-state index in [0.29, 0.717) is 0 Å². The SMILES string of the molecule is c1ccc2c(c1)Cc1ccc(-c3ccc4c(c3)-c3cc(-c5ccc6c(c5)-c5ccccc5C6)ccc3C4)cc1-2.c1ccc2c(c1)Cc1ccc(-c3ccc4c(c3)-c3ccccc3C4)cc1-2. The monoisotopic (exact) mass is 824 g/mol. The van der Waals surface area contributed by atoms with Crippen LogP contribution in [0.3, 0.4) is 0 Å². The van der Waals surface area contributed by atoms with Gasteiger partial charge in [-0.3, -0.25) is 0 Å². The molecule has 0 radical (unpaired) electrons. The molecule has 65 heavy (non-hydrogen) atoms. The molecule has 10 aromatic rings. The average Bonchev–Trinajstić information content (AvgIpc) is 4.19. The lowest BCUT2D eigenvalue weighted by Gasteiger charge is -2.11. The summed E-state index contributed by atoms with van der Waals surface area (Å²) < 4.78 is 0. The summed E-state index contributed by atoms with van der Waals surface area (Å²) in [6.07, 6.45) is 5.22. The molecule has 5 aliphatic rings. The Morgan fingerprint density at radius 2 is 0.323 bits per heavy atom. The van der Waals surface area contributed by atoms with E-state index in [1.807, 2.05) is 0 Å². The second-order valence-electron chi connectivity index (χ2n) is 18.7. The minimum Gasteiger partial charge on any atom is -0.0619 e. The summed E-state index contributed by atoms with van der Waals surface area (Å²) in [4.78, 5) is 0. The van der Waals surface area contributed by atoms with E-state index < -0.39 is 0 Å². The summed E-state index contributed by atoms with van der Waals surface area (Å²) in [6, 6.07) is 77.4. The van der Waals surface area contributed by atoms with Crippen LogP contribution in [0.15, 0.2) is 206 Å². The average molecular weight is 825 g/mol. The number of hydrogen-bond donors (Lipinski definition) is 0. The Morgan fingerprint density at radius 3 is 0.538 bits per heavy atom. The van der Waals surface area contributed by atoms with Crippen LogP contribution in [0.4, 0.5) is 0 Å². The van der Waals surface area contributed by atoms with Crippen LogP contribution in [0.1, 0.15) is 55.6 Å². The van der Waals surface area contributed by atoms with E-state index in [4.69, 9.17) is 0 Å². The summed E-state index contributed by atoms with van der Waals surface area (Å²) >= 11 is 0. The van der Waals surface area contributed by atoms with Crippen molar-refractivity contribution < 1.29 is 0 Å². The Labute approximate surface area is 381 Å². The van der Waals surface area contributed by atoms with Crippen molar-refractivity contribution in [2.45, 2.75) is 32.1 Å². The van der Waals surface area contributed by atoms with Gasteiger partial charge in [-0.15, -0.1) is 0 Å². The fourth-order valence-electron chi connectivity index (χ4n) is 11.7. The predicted octanol–water partition coefficient (Wildman–Crippen LogP) is 16.2. The highest BCUT2D eigenvalue weighted by molar-refractivity contribution is 5.89. The van der Waals surface area contributed by atoms with Gasteiger partial charge >= 0.3 is 0 Å². The smallest absolute Gasteiger partial charge is 0.00134 e. The summed E-state index contributed by atoms with van der Waals surface area (Å²) in [5.74, 6) is 0. The molecule has 0 N–H and O–H groups in total. The first-order valence-corrected chi connectivity index (χ1v) is 23.3. The van der Waals surface area contributed by atoms with Crippen molar-refractivity contribution in [2.75, 3.05) is 0 Å². The Balaban J connectivity index is 0.000000135. The third-order valence-corrected chi connectivity index (χ3v) is 15.1. The van der Waals surface area contributed by atoms with Gasteiger partial charge in [0, 0.05) is 0 Å². The highest BCUT2D eigenvalue weighted by Gasteiger charge is 2.24. The highest BCUT2D eigenvalue weighted by atomic mass is 14.3. The van der Waals surface area contributed by atoms with E-state index in [9.17, 15) is 0 Å². The van der Waals surface area contributed by atoms with Crippen LogP contribution in [0, 0.1) is 0 Å². The number of benzene rings is 10. The number of hydrogen-bond acceptors (Lipinski definition) is 0. The molecule has 15 rings (SSSR count). The Bertz CT molecular complexity index is 3390. The van der Waals surface area contributed by atoms with Crippen LogP contribution in [0.2, 0.25) is 0 Å². The van der Waals surface area contributed by atoms with Crippen molar-refractivity contribution in [1.82, 2.24) is 0 Å². The normalized spacial score (nSPS) is 13.2. The molecule has 0 saturated carbocycles. The molecule has 5 aliphatic carbocycles. The number of rotatable bonds is 3. The van der Waals surface area contributed by atoms with Crippen LogP contribution in [-0.4, -0.2) is 0 Å². The van der Waals surface area contributed by atoms with Crippen LogP contribution in [0.5, 0.6) is 0 Å². The van der Waals surface area contributed by atoms with Gasteiger partial charge in [0.25, 0.3) is 0 Å². The second-order valence-corrected chi connectivity index (χ2v) is 18.7. The molecule has 10 aromatic carbocycles. The zero-order chi connectivity index (χ0) is 42.6. The van der Waals surface area contributed by atoms with Gasteiger partial charge in [-0.25, -0.2) is 0 Å². The lowest BCUT2D eigenvalue weighted by Crippen LogP contribution is -1.86. The van der Waals surface area contributed by atoms with Gasteiger partial charge in [0.05, 0.1) is 0 Å². The maximum atomic E-state index is 2.42. The van der Waals surface area contributed by atoms with Crippen molar-refractivity contribution in [3.63, 3.8) is 0 Å². The predicted molar refractivity (Wildman–Crippen MR) is 270 cm³/mol. The first-order chi connectivity index (χ1) is 32.1. The van der Waals surface area contributed by atoms with Gasteiger partial charge in [0.15, 0.2) is 0 Å².